The molecule has 0 fully saturated rings. The minimum Gasteiger partial charge on any atom is -0.366 e. The Kier molecular flexibility index (Phi) is 3.09. The Morgan fingerprint density at radius 2 is 1.94 bits per heavy atom. The van der Waals surface area contributed by atoms with E-state index in [9.17, 15) is 9.59 Å². The number of carbonyl (C=O) groups excluding carboxylic acids is 2. The summed E-state index contributed by atoms with van der Waals surface area (Å²) in [6, 6.07) is 8.46. The van der Waals surface area contributed by atoms with Gasteiger partial charge in [0.2, 0.25) is 5.91 Å². The summed E-state index contributed by atoms with van der Waals surface area (Å²) in [6.45, 7) is 0.439. The third-order valence-corrected chi connectivity index (χ3v) is 2.45. The third kappa shape index (κ3) is 2.54. The van der Waals surface area contributed by atoms with Crippen LogP contribution in [0.5, 0.6) is 0 Å². The van der Waals surface area contributed by atoms with Gasteiger partial charge in [-0.25, -0.2) is 0 Å². The maximum Gasteiger partial charge on any atom is 0.269 e. The molecule has 0 bridgehead atoms. The highest BCUT2D eigenvalue weighted by Gasteiger charge is 2.06. The average Bonchev–Trinajstić information content (AvgIpc) is 2.78. The Morgan fingerprint density at radius 1 is 1.17 bits per heavy atom. The summed E-state index contributed by atoms with van der Waals surface area (Å²) < 4.78 is 1.57. The maximum absolute atomic E-state index is 11.0. The van der Waals surface area contributed by atoms with Crippen LogP contribution in [0.3, 0.4) is 0 Å². The molecule has 2 amide bonds. The molecule has 0 aliphatic rings. The number of nitrogens with two attached hydrogens (primary N) is 2. The highest BCUT2D eigenvalue weighted by molar-refractivity contribution is 5.92. The molecule has 1 aromatic carbocycles. The van der Waals surface area contributed by atoms with Crippen LogP contribution in [0.2, 0.25) is 0 Å². The van der Waals surface area contributed by atoms with Gasteiger partial charge in [0.15, 0.2) is 0 Å². The molecule has 6 heteroatoms. The van der Waals surface area contributed by atoms with Gasteiger partial charge >= 0.3 is 0 Å². The van der Waals surface area contributed by atoms with Gasteiger partial charge in [0.05, 0.1) is 6.54 Å². The van der Waals surface area contributed by atoms with Crippen molar-refractivity contribution in [1.29, 1.82) is 0 Å². The second kappa shape index (κ2) is 4.70. The van der Waals surface area contributed by atoms with E-state index < -0.39 is 11.8 Å². The smallest absolute Gasteiger partial charge is 0.269 e. The zero-order valence-electron chi connectivity index (χ0n) is 9.54. The first-order valence-electron chi connectivity index (χ1n) is 5.28. The van der Waals surface area contributed by atoms with Crippen molar-refractivity contribution in [3.63, 3.8) is 0 Å². The molecule has 2 aromatic rings. The lowest BCUT2D eigenvalue weighted by Gasteiger charge is -2.03. The minimum absolute atomic E-state index is 0.209. The van der Waals surface area contributed by atoms with Gasteiger partial charge in [-0.2, -0.15) is 5.10 Å². The lowest BCUT2D eigenvalue weighted by molar-refractivity contribution is 0.0989. The number of amides is 2. The first kappa shape index (κ1) is 11.8. The number of aromatic nitrogens is 2. The zero-order valence-corrected chi connectivity index (χ0v) is 9.54. The van der Waals surface area contributed by atoms with Crippen molar-refractivity contribution >= 4 is 11.8 Å². The number of nitrogens with zero attached hydrogens (tertiary/aromatic N) is 2. The van der Waals surface area contributed by atoms with Crippen molar-refractivity contribution in [2.45, 2.75) is 6.54 Å². The molecule has 92 valence electrons. The van der Waals surface area contributed by atoms with E-state index >= 15 is 0 Å². The first-order valence-corrected chi connectivity index (χ1v) is 5.28. The van der Waals surface area contributed by atoms with Crippen LogP contribution in [0.4, 0.5) is 0 Å². The fourth-order valence-corrected chi connectivity index (χ4v) is 1.59. The number of hydrogen-bond donors (Lipinski definition) is 2. The molecule has 0 radical (unpaired) electrons. The summed E-state index contributed by atoms with van der Waals surface area (Å²) >= 11 is 0. The molecule has 18 heavy (non-hydrogen) atoms. The van der Waals surface area contributed by atoms with Gasteiger partial charge in [0, 0.05) is 11.8 Å². The molecule has 4 N–H and O–H groups in total. The second-order valence-electron chi connectivity index (χ2n) is 3.83. The summed E-state index contributed by atoms with van der Waals surface area (Å²) in [5.41, 5.74) is 11.8. The van der Waals surface area contributed by atoms with Crippen LogP contribution in [0.25, 0.3) is 0 Å². The Balaban J connectivity index is 2.20. The molecule has 0 saturated carbocycles. The molecule has 0 unspecified atom stereocenters. The molecule has 0 saturated heterocycles. The van der Waals surface area contributed by atoms with Crippen LogP contribution in [-0.2, 0) is 6.54 Å². The zero-order chi connectivity index (χ0) is 13.1. The van der Waals surface area contributed by atoms with Crippen molar-refractivity contribution in [1.82, 2.24) is 9.78 Å². The molecular weight excluding hydrogens is 232 g/mol. The van der Waals surface area contributed by atoms with Crippen molar-refractivity contribution in [2.24, 2.45) is 11.5 Å². The molecule has 0 aliphatic heterocycles. The average molecular weight is 244 g/mol. The van der Waals surface area contributed by atoms with E-state index in [1.54, 1.807) is 35.1 Å². The quantitative estimate of drug-likeness (QED) is 0.798. The fourth-order valence-electron chi connectivity index (χ4n) is 1.59. The van der Waals surface area contributed by atoms with Crippen LogP contribution in [0.15, 0.2) is 36.5 Å². The number of carbonyl (C=O) groups is 2. The summed E-state index contributed by atoms with van der Waals surface area (Å²) in [6.07, 6.45) is 1.65. The molecule has 6 nitrogen and oxygen atoms in total. The first-order chi connectivity index (χ1) is 8.56. The SMILES string of the molecule is NC(=O)c1cccc(Cn2ccc(C(N)=O)n2)c1. The van der Waals surface area contributed by atoms with Gasteiger partial charge in [0.1, 0.15) is 5.69 Å². The van der Waals surface area contributed by atoms with E-state index in [4.69, 9.17) is 11.5 Å². The summed E-state index contributed by atoms with van der Waals surface area (Å²) in [5.74, 6) is -1.05. The van der Waals surface area contributed by atoms with E-state index in [2.05, 4.69) is 5.10 Å². The Hall–Kier alpha value is -2.63. The number of primary amides is 2. The van der Waals surface area contributed by atoms with Gasteiger partial charge in [-0.15, -0.1) is 0 Å². The standard InChI is InChI=1S/C12H12N4O2/c13-11(17)9-3-1-2-8(6-9)7-16-5-4-10(15-16)12(14)18/h1-6H,7H2,(H2,13,17)(H2,14,18). The van der Waals surface area contributed by atoms with Gasteiger partial charge in [-0.3, -0.25) is 14.3 Å². The summed E-state index contributed by atoms with van der Waals surface area (Å²) in [7, 11) is 0. The van der Waals surface area contributed by atoms with Gasteiger partial charge < -0.3 is 11.5 Å². The lowest BCUT2D eigenvalue weighted by Crippen LogP contribution is -2.13. The van der Waals surface area contributed by atoms with Gasteiger partial charge in [-0.1, -0.05) is 12.1 Å². The van der Waals surface area contributed by atoms with E-state index in [1.165, 1.54) is 0 Å². The van der Waals surface area contributed by atoms with E-state index in [0.29, 0.717) is 12.1 Å². The van der Waals surface area contributed by atoms with Crippen LogP contribution in [-0.4, -0.2) is 21.6 Å². The Labute approximate surface area is 103 Å². The molecule has 1 heterocycles. The molecule has 1 aromatic heterocycles. The van der Waals surface area contributed by atoms with Crippen LogP contribution in [0.1, 0.15) is 26.4 Å². The van der Waals surface area contributed by atoms with Gasteiger partial charge in [-0.05, 0) is 23.8 Å². The monoisotopic (exact) mass is 244 g/mol. The maximum atomic E-state index is 11.0. The Bertz CT molecular complexity index is 604. The van der Waals surface area contributed by atoms with Crippen molar-refractivity contribution in [3.05, 3.63) is 53.3 Å². The number of rotatable bonds is 4. The van der Waals surface area contributed by atoms with Crippen molar-refractivity contribution in [3.8, 4) is 0 Å². The summed E-state index contributed by atoms with van der Waals surface area (Å²) in [5, 5.41) is 4.01. The largest absolute Gasteiger partial charge is 0.366 e. The highest BCUT2D eigenvalue weighted by Crippen LogP contribution is 2.07. The summed E-state index contributed by atoms with van der Waals surface area (Å²) in [4.78, 5) is 21.9. The fraction of sp³-hybridized carbons (Fsp3) is 0.0833. The van der Waals surface area contributed by atoms with Crippen molar-refractivity contribution < 1.29 is 9.59 Å². The van der Waals surface area contributed by atoms with E-state index in [1.807, 2.05) is 6.07 Å². The van der Waals surface area contributed by atoms with Crippen molar-refractivity contribution in [2.75, 3.05) is 0 Å². The van der Waals surface area contributed by atoms with E-state index in [0.717, 1.165) is 5.56 Å². The third-order valence-electron chi connectivity index (χ3n) is 2.45. The minimum atomic E-state index is -0.570. The normalized spacial score (nSPS) is 10.2. The molecule has 0 spiro atoms. The number of benzene rings is 1. The topological polar surface area (TPSA) is 104 Å². The highest BCUT2D eigenvalue weighted by atomic mass is 16.1. The van der Waals surface area contributed by atoms with E-state index in [-0.39, 0.29) is 5.69 Å². The van der Waals surface area contributed by atoms with Crippen LogP contribution >= 0.6 is 0 Å². The molecule has 0 atom stereocenters. The Morgan fingerprint density at radius 3 is 2.56 bits per heavy atom. The second-order valence-corrected chi connectivity index (χ2v) is 3.83. The molecule has 2 rings (SSSR count). The number of hydrogen-bond acceptors (Lipinski definition) is 3. The van der Waals surface area contributed by atoms with Crippen LogP contribution in [0, 0.1) is 0 Å². The van der Waals surface area contributed by atoms with Gasteiger partial charge in [0.25, 0.3) is 5.91 Å². The predicted octanol–water partition coefficient (Wildman–Crippen LogP) is 0.129. The predicted molar refractivity (Wildman–Crippen MR) is 64.8 cm³/mol. The molecular formula is C12H12N4O2. The molecule has 0 aliphatic carbocycles. The lowest BCUT2D eigenvalue weighted by atomic mass is 10.1. The van der Waals surface area contributed by atoms with Crippen LogP contribution < -0.4 is 11.5 Å².